The molecule has 0 spiro atoms. The molecule has 0 aromatic carbocycles. The topological polar surface area (TPSA) is 79.3 Å². The van der Waals surface area contributed by atoms with E-state index in [4.69, 9.17) is 5.11 Å². The monoisotopic (exact) mass is 276 g/mol. The molecule has 0 aliphatic carbocycles. The molecule has 19 heavy (non-hydrogen) atoms. The van der Waals surface area contributed by atoms with E-state index in [0.29, 0.717) is 10.6 Å². The van der Waals surface area contributed by atoms with Crippen LogP contribution < -0.4 is 5.32 Å². The Kier molecular flexibility index (Phi) is 3.62. The number of carbonyl (C=O) groups is 2. The van der Waals surface area contributed by atoms with Gasteiger partial charge in [0.15, 0.2) is 0 Å². The lowest BCUT2D eigenvalue weighted by Crippen LogP contribution is -2.13. The SMILES string of the molecule is Cc1ccc(C(=O)Nc2sc(C)cc2C(=O)O)cn1. The summed E-state index contributed by atoms with van der Waals surface area (Å²) in [5, 5.41) is 12.0. The second kappa shape index (κ2) is 5.19. The van der Waals surface area contributed by atoms with Crippen LogP contribution in [0.5, 0.6) is 0 Å². The van der Waals surface area contributed by atoms with Gasteiger partial charge in [-0.2, -0.15) is 0 Å². The fourth-order valence-electron chi connectivity index (χ4n) is 1.54. The van der Waals surface area contributed by atoms with Crippen molar-refractivity contribution in [2.45, 2.75) is 13.8 Å². The zero-order chi connectivity index (χ0) is 14.0. The van der Waals surface area contributed by atoms with Gasteiger partial charge in [0, 0.05) is 16.8 Å². The molecule has 6 heteroatoms. The molecule has 2 rings (SSSR count). The summed E-state index contributed by atoms with van der Waals surface area (Å²) in [6.07, 6.45) is 1.46. The molecule has 2 aromatic heterocycles. The normalized spacial score (nSPS) is 10.2. The van der Waals surface area contributed by atoms with Crippen molar-refractivity contribution in [1.29, 1.82) is 0 Å². The molecule has 0 saturated heterocycles. The van der Waals surface area contributed by atoms with Crippen LogP contribution >= 0.6 is 11.3 Å². The van der Waals surface area contributed by atoms with Gasteiger partial charge in [0.05, 0.1) is 11.1 Å². The van der Waals surface area contributed by atoms with Gasteiger partial charge in [0.1, 0.15) is 5.00 Å². The molecule has 0 aliphatic rings. The zero-order valence-electron chi connectivity index (χ0n) is 10.4. The van der Waals surface area contributed by atoms with Crippen LogP contribution in [0, 0.1) is 13.8 Å². The lowest BCUT2D eigenvalue weighted by molar-refractivity contribution is 0.0698. The van der Waals surface area contributed by atoms with Crippen LogP contribution in [-0.4, -0.2) is 22.0 Å². The number of thiophene rings is 1. The number of carbonyl (C=O) groups excluding carboxylic acids is 1. The first-order valence-electron chi connectivity index (χ1n) is 5.55. The molecular weight excluding hydrogens is 264 g/mol. The summed E-state index contributed by atoms with van der Waals surface area (Å²) in [4.78, 5) is 27.9. The predicted molar refractivity (Wildman–Crippen MR) is 72.9 cm³/mol. The summed E-state index contributed by atoms with van der Waals surface area (Å²) in [7, 11) is 0. The summed E-state index contributed by atoms with van der Waals surface area (Å²) in [5.74, 6) is -1.42. The largest absolute Gasteiger partial charge is 0.478 e. The molecule has 0 bridgehead atoms. The number of aryl methyl sites for hydroxylation is 2. The first-order chi connectivity index (χ1) is 8.97. The Balaban J connectivity index is 2.24. The summed E-state index contributed by atoms with van der Waals surface area (Å²) in [6.45, 7) is 3.62. The molecule has 0 fully saturated rings. The number of nitrogens with one attached hydrogen (secondary N) is 1. The number of anilines is 1. The minimum atomic E-state index is -1.05. The van der Waals surface area contributed by atoms with E-state index in [1.165, 1.54) is 23.6 Å². The van der Waals surface area contributed by atoms with Gasteiger partial charge in [0.2, 0.25) is 0 Å². The average Bonchev–Trinajstić information content (AvgIpc) is 2.71. The molecule has 2 heterocycles. The Morgan fingerprint density at radius 1 is 1.32 bits per heavy atom. The lowest BCUT2D eigenvalue weighted by Gasteiger charge is -2.04. The summed E-state index contributed by atoms with van der Waals surface area (Å²) >= 11 is 1.24. The maximum atomic E-state index is 12.0. The first kappa shape index (κ1) is 13.2. The molecule has 0 atom stereocenters. The highest BCUT2D eigenvalue weighted by Crippen LogP contribution is 2.27. The summed E-state index contributed by atoms with van der Waals surface area (Å²) in [5.41, 5.74) is 1.32. The molecule has 0 saturated carbocycles. The van der Waals surface area contributed by atoms with Crippen LogP contribution in [0.3, 0.4) is 0 Å². The number of nitrogens with zero attached hydrogens (tertiary/aromatic N) is 1. The number of carboxylic acids is 1. The van der Waals surface area contributed by atoms with Crippen molar-refractivity contribution in [3.8, 4) is 0 Å². The number of hydrogen-bond donors (Lipinski definition) is 2. The summed E-state index contributed by atoms with van der Waals surface area (Å²) < 4.78 is 0. The van der Waals surface area contributed by atoms with Crippen molar-refractivity contribution < 1.29 is 14.7 Å². The highest BCUT2D eigenvalue weighted by atomic mass is 32.1. The number of aromatic nitrogens is 1. The first-order valence-corrected chi connectivity index (χ1v) is 6.37. The molecule has 98 valence electrons. The van der Waals surface area contributed by atoms with Crippen LogP contribution in [0.2, 0.25) is 0 Å². The molecule has 0 unspecified atom stereocenters. The third kappa shape index (κ3) is 2.97. The van der Waals surface area contributed by atoms with Gasteiger partial charge in [-0.05, 0) is 32.0 Å². The zero-order valence-corrected chi connectivity index (χ0v) is 11.2. The van der Waals surface area contributed by atoms with Gasteiger partial charge in [-0.25, -0.2) is 4.79 Å². The van der Waals surface area contributed by atoms with E-state index in [0.717, 1.165) is 10.6 Å². The molecule has 1 amide bonds. The van der Waals surface area contributed by atoms with E-state index >= 15 is 0 Å². The van der Waals surface area contributed by atoms with Gasteiger partial charge < -0.3 is 10.4 Å². The fraction of sp³-hybridized carbons (Fsp3) is 0.154. The molecular formula is C13H12N2O3S. The standard InChI is InChI=1S/C13H12N2O3S/c1-7-3-4-9(6-14-7)11(16)15-12-10(13(17)18)5-8(2)19-12/h3-6H,1-2H3,(H,15,16)(H,17,18). The number of pyridine rings is 1. The quantitative estimate of drug-likeness (QED) is 0.903. The van der Waals surface area contributed by atoms with Crippen molar-refractivity contribution in [3.05, 3.63) is 46.1 Å². The number of hydrogen-bond acceptors (Lipinski definition) is 4. The van der Waals surface area contributed by atoms with Gasteiger partial charge >= 0.3 is 5.97 Å². The van der Waals surface area contributed by atoms with Crippen molar-refractivity contribution in [2.75, 3.05) is 5.32 Å². The van der Waals surface area contributed by atoms with E-state index in [1.54, 1.807) is 19.1 Å². The van der Waals surface area contributed by atoms with Crippen molar-refractivity contribution in [3.63, 3.8) is 0 Å². The van der Waals surface area contributed by atoms with E-state index in [9.17, 15) is 9.59 Å². The maximum absolute atomic E-state index is 12.0. The third-order valence-electron chi connectivity index (χ3n) is 2.49. The second-order valence-corrected chi connectivity index (χ2v) is 5.30. The Morgan fingerprint density at radius 2 is 2.05 bits per heavy atom. The Bertz CT molecular complexity index is 632. The van der Waals surface area contributed by atoms with Crippen molar-refractivity contribution >= 4 is 28.2 Å². The van der Waals surface area contributed by atoms with Gasteiger partial charge in [0.25, 0.3) is 5.91 Å². The smallest absolute Gasteiger partial charge is 0.338 e. The average molecular weight is 276 g/mol. The van der Waals surface area contributed by atoms with Crippen LogP contribution in [0.4, 0.5) is 5.00 Å². The van der Waals surface area contributed by atoms with E-state index in [1.807, 2.05) is 6.92 Å². The number of aromatic carboxylic acids is 1. The van der Waals surface area contributed by atoms with Gasteiger partial charge in [-0.3, -0.25) is 9.78 Å². The van der Waals surface area contributed by atoms with E-state index in [2.05, 4.69) is 10.3 Å². The molecule has 2 aromatic rings. The van der Waals surface area contributed by atoms with Crippen LogP contribution in [0.15, 0.2) is 24.4 Å². The van der Waals surface area contributed by atoms with Gasteiger partial charge in [-0.15, -0.1) is 11.3 Å². The Hall–Kier alpha value is -2.21. The highest BCUT2D eigenvalue weighted by molar-refractivity contribution is 7.16. The summed E-state index contributed by atoms with van der Waals surface area (Å²) in [6, 6.07) is 4.92. The Morgan fingerprint density at radius 3 is 2.63 bits per heavy atom. The molecule has 0 aliphatic heterocycles. The maximum Gasteiger partial charge on any atom is 0.338 e. The van der Waals surface area contributed by atoms with E-state index in [-0.39, 0.29) is 11.5 Å². The highest BCUT2D eigenvalue weighted by Gasteiger charge is 2.16. The molecule has 2 N–H and O–H groups in total. The second-order valence-electron chi connectivity index (χ2n) is 4.05. The lowest BCUT2D eigenvalue weighted by atomic mass is 10.2. The number of carboxylic acid groups (broad SMARTS) is 1. The van der Waals surface area contributed by atoms with Crippen LogP contribution in [-0.2, 0) is 0 Å². The van der Waals surface area contributed by atoms with Crippen LogP contribution in [0.25, 0.3) is 0 Å². The van der Waals surface area contributed by atoms with Crippen molar-refractivity contribution in [2.24, 2.45) is 0 Å². The van der Waals surface area contributed by atoms with Crippen LogP contribution in [0.1, 0.15) is 31.3 Å². The molecule has 5 nitrogen and oxygen atoms in total. The minimum absolute atomic E-state index is 0.107. The number of rotatable bonds is 3. The Labute approximate surface area is 113 Å². The fourth-order valence-corrected chi connectivity index (χ4v) is 2.44. The predicted octanol–water partition coefficient (Wildman–Crippen LogP) is 2.71. The van der Waals surface area contributed by atoms with Gasteiger partial charge in [-0.1, -0.05) is 0 Å². The minimum Gasteiger partial charge on any atom is -0.478 e. The van der Waals surface area contributed by atoms with Crippen molar-refractivity contribution in [1.82, 2.24) is 4.98 Å². The van der Waals surface area contributed by atoms with E-state index < -0.39 is 5.97 Å². The third-order valence-corrected chi connectivity index (χ3v) is 3.45. The number of amides is 1. The molecule has 0 radical (unpaired) electrons.